The average molecular weight is 404 g/mol. The third kappa shape index (κ3) is 4.75. The van der Waals surface area contributed by atoms with E-state index in [1.165, 1.54) is 0 Å². The minimum Gasteiger partial charge on any atom is -0.497 e. The van der Waals surface area contributed by atoms with E-state index in [0.717, 1.165) is 17.6 Å². The van der Waals surface area contributed by atoms with E-state index in [1.54, 1.807) is 31.4 Å². The van der Waals surface area contributed by atoms with Gasteiger partial charge in [-0.1, -0.05) is 0 Å². The van der Waals surface area contributed by atoms with Crippen molar-refractivity contribution < 1.29 is 22.7 Å². The van der Waals surface area contributed by atoms with Crippen molar-refractivity contribution >= 4 is 21.6 Å². The van der Waals surface area contributed by atoms with Crippen LogP contribution in [0.5, 0.6) is 11.5 Å². The van der Waals surface area contributed by atoms with Crippen LogP contribution in [0, 0.1) is 0 Å². The Kier molecular flexibility index (Phi) is 5.25. The summed E-state index contributed by atoms with van der Waals surface area (Å²) in [5, 5.41) is 3.05. The van der Waals surface area contributed by atoms with E-state index in [9.17, 15) is 13.2 Å². The van der Waals surface area contributed by atoms with Gasteiger partial charge in [0, 0.05) is 23.2 Å². The molecule has 3 rings (SSSR count). The van der Waals surface area contributed by atoms with Crippen molar-refractivity contribution in [1.29, 1.82) is 0 Å². The van der Waals surface area contributed by atoms with Gasteiger partial charge in [0.1, 0.15) is 17.1 Å². The quantitative estimate of drug-likeness (QED) is 0.799. The van der Waals surface area contributed by atoms with E-state index >= 15 is 0 Å². The van der Waals surface area contributed by atoms with Crippen molar-refractivity contribution in [2.75, 3.05) is 18.1 Å². The molecule has 0 saturated heterocycles. The number of methoxy groups -OCH3 is 1. The predicted molar refractivity (Wildman–Crippen MR) is 107 cm³/mol. The number of sulfonamides is 1. The van der Waals surface area contributed by atoms with Gasteiger partial charge in [-0.15, -0.1) is 0 Å². The van der Waals surface area contributed by atoms with Crippen LogP contribution in [0.2, 0.25) is 0 Å². The number of carbonyl (C=O) groups is 1. The first-order valence-electron chi connectivity index (χ1n) is 8.82. The number of hydrogen-bond acceptors (Lipinski definition) is 5. The topological polar surface area (TPSA) is 93.7 Å². The Labute approximate surface area is 165 Å². The summed E-state index contributed by atoms with van der Waals surface area (Å²) in [6.07, 6.45) is 1.68. The van der Waals surface area contributed by atoms with Crippen LogP contribution in [0.3, 0.4) is 0 Å². The summed E-state index contributed by atoms with van der Waals surface area (Å²) in [4.78, 5) is 12.8. The number of hydrogen-bond donors (Lipinski definition) is 2. The second-order valence-corrected chi connectivity index (χ2v) is 9.20. The highest BCUT2D eigenvalue weighted by Crippen LogP contribution is 2.41. The third-order valence-electron chi connectivity index (χ3n) is 4.43. The molecule has 1 aliphatic heterocycles. The number of fused-ring (bicyclic) bond motifs is 1. The molecule has 0 aromatic heterocycles. The Morgan fingerprint density at radius 2 is 1.86 bits per heavy atom. The Morgan fingerprint density at radius 3 is 2.46 bits per heavy atom. The molecule has 2 N–H and O–H groups in total. The second kappa shape index (κ2) is 7.35. The minimum absolute atomic E-state index is 0.241. The number of nitrogens with one attached hydrogen (secondary N) is 2. The van der Waals surface area contributed by atoms with Crippen LogP contribution >= 0.6 is 0 Å². The summed E-state index contributed by atoms with van der Waals surface area (Å²) >= 11 is 0. The van der Waals surface area contributed by atoms with Crippen LogP contribution in [0.25, 0.3) is 0 Å². The molecule has 0 spiro atoms. The maximum absolute atomic E-state index is 12.8. The number of anilines is 1. The monoisotopic (exact) mass is 404 g/mol. The first-order chi connectivity index (χ1) is 13.1. The highest BCUT2D eigenvalue weighted by molar-refractivity contribution is 7.92. The van der Waals surface area contributed by atoms with Gasteiger partial charge in [-0.3, -0.25) is 9.52 Å². The van der Waals surface area contributed by atoms with E-state index < -0.39 is 15.6 Å². The molecule has 8 heteroatoms. The van der Waals surface area contributed by atoms with E-state index in [1.807, 2.05) is 32.0 Å². The lowest BCUT2D eigenvalue weighted by Gasteiger charge is -2.38. The molecule has 1 amide bonds. The molecule has 28 heavy (non-hydrogen) atoms. The molecule has 7 nitrogen and oxygen atoms in total. The zero-order chi connectivity index (χ0) is 20.5. The van der Waals surface area contributed by atoms with Gasteiger partial charge in [-0.05, 0) is 56.3 Å². The molecular formula is C20H24N2O5S. The van der Waals surface area contributed by atoms with Gasteiger partial charge in [-0.2, -0.15) is 0 Å². The SMILES string of the molecule is COc1ccc2c(c1)[C@@H](NC(=O)c1ccc(NS(C)(=O)=O)cc1)CC(C)(C)O2. The zero-order valence-corrected chi connectivity index (χ0v) is 17.1. The normalized spacial score (nSPS) is 17.8. The molecule has 0 saturated carbocycles. The third-order valence-corrected chi connectivity index (χ3v) is 5.04. The minimum atomic E-state index is -3.36. The molecule has 1 heterocycles. The fourth-order valence-electron chi connectivity index (χ4n) is 3.23. The highest BCUT2D eigenvalue weighted by atomic mass is 32.2. The highest BCUT2D eigenvalue weighted by Gasteiger charge is 2.35. The van der Waals surface area contributed by atoms with Crippen LogP contribution in [0.1, 0.15) is 42.2 Å². The first kappa shape index (κ1) is 20.0. The molecule has 0 radical (unpaired) electrons. The fourth-order valence-corrected chi connectivity index (χ4v) is 3.80. The molecule has 1 aliphatic rings. The van der Waals surface area contributed by atoms with Crippen LogP contribution < -0.4 is 19.5 Å². The number of rotatable bonds is 5. The number of amides is 1. The van der Waals surface area contributed by atoms with Crippen molar-refractivity contribution in [3.8, 4) is 11.5 Å². The van der Waals surface area contributed by atoms with E-state index in [-0.39, 0.29) is 11.9 Å². The van der Waals surface area contributed by atoms with Crippen molar-refractivity contribution in [3.05, 3.63) is 53.6 Å². The lowest BCUT2D eigenvalue weighted by molar-refractivity contribution is 0.0618. The Morgan fingerprint density at radius 1 is 1.18 bits per heavy atom. The van der Waals surface area contributed by atoms with E-state index in [4.69, 9.17) is 9.47 Å². The lowest BCUT2D eigenvalue weighted by atomic mass is 9.89. The largest absolute Gasteiger partial charge is 0.497 e. The van der Waals surface area contributed by atoms with Gasteiger partial charge >= 0.3 is 0 Å². The van der Waals surface area contributed by atoms with Crippen molar-refractivity contribution in [1.82, 2.24) is 5.32 Å². The van der Waals surface area contributed by atoms with Gasteiger partial charge in [0.15, 0.2) is 0 Å². The van der Waals surface area contributed by atoms with Crippen LogP contribution in [0.4, 0.5) is 5.69 Å². The summed E-state index contributed by atoms with van der Waals surface area (Å²) in [5.74, 6) is 1.16. The smallest absolute Gasteiger partial charge is 0.251 e. The number of carbonyl (C=O) groups excluding carboxylic acids is 1. The van der Waals surface area contributed by atoms with Gasteiger partial charge in [-0.25, -0.2) is 8.42 Å². The van der Waals surface area contributed by atoms with E-state index in [2.05, 4.69) is 10.0 Å². The van der Waals surface area contributed by atoms with E-state index in [0.29, 0.717) is 23.4 Å². The van der Waals surface area contributed by atoms with Crippen LogP contribution in [-0.2, 0) is 10.0 Å². The van der Waals surface area contributed by atoms with Crippen LogP contribution in [-0.4, -0.2) is 33.3 Å². The number of ether oxygens (including phenoxy) is 2. The molecule has 150 valence electrons. The van der Waals surface area contributed by atoms with Gasteiger partial charge in [0.05, 0.1) is 19.4 Å². The maximum Gasteiger partial charge on any atom is 0.251 e. The Balaban J connectivity index is 1.82. The molecule has 0 fully saturated rings. The number of benzene rings is 2. The second-order valence-electron chi connectivity index (χ2n) is 7.45. The maximum atomic E-state index is 12.8. The zero-order valence-electron chi connectivity index (χ0n) is 16.3. The summed E-state index contributed by atoms with van der Waals surface area (Å²) in [5.41, 5.74) is 1.28. The Bertz CT molecular complexity index is 984. The molecule has 0 bridgehead atoms. The summed E-state index contributed by atoms with van der Waals surface area (Å²) in [6.45, 7) is 3.95. The molecule has 2 aromatic rings. The molecule has 1 atom stereocenters. The molecule has 0 unspecified atom stereocenters. The lowest BCUT2D eigenvalue weighted by Crippen LogP contribution is -2.41. The fraction of sp³-hybridized carbons (Fsp3) is 0.350. The van der Waals surface area contributed by atoms with Crippen molar-refractivity contribution in [2.45, 2.75) is 31.9 Å². The van der Waals surface area contributed by atoms with Crippen molar-refractivity contribution in [3.63, 3.8) is 0 Å². The molecular weight excluding hydrogens is 380 g/mol. The standard InChI is InChI=1S/C20H24N2O5S/c1-20(2)12-17(16-11-15(26-3)9-10-18(16)27-20)21-19(23)13-5-7-14(8-6-13)22-28(4,24)25/h5-11,17,22H,12H2,1-4H3,(H,21,23)/t17-/m0/s1. The Hall–Kier alpha value is -2.74. The molecule has 0 aliphatic carbocycles. The average Bonchev–Trinajstić information content (AvgIpc) is 2.59. The first-order valence-corrected chi connectivity index (χ1v) is 10.7. The summed E-state index contributed by atoms with van der Waals surface area (Å²) < 4.78 is 36.3. The molecule has 2 aromatic carbocycles. The predicted octanol–water partition coefficient (Wildman–Crippen LogP) is 3.10. The summed E-state index contributed by atoms with van der Waals surface area (Å²) in [7, 11) is -1.77. The summed E-state index contributed by atoms with van der Waals surface area (Å²) in [6, 6.07) is 11.6. The van der Waals surface area contributed by atoms with Crippen LogP contribution in [0.15, 0.2) is 42.5 Å². The van der Waals surface area contributed by atoms with Gasteiger partial charge in [0.2, 0.25) is 10.0 Å². The van der Waals surface area contributed by atoms with Crippen molar-refractivity contribution in [2.24, 2.45) is 0 Å². The van der Waals surface area contributed by atoms with Gasteiger partial charge < -0.3 is 14.8 Å². The van der Waals surface area contributed by atoms with Gasteiger partial charge in [0.25, 0.3) is 5.91 Å².